The number of thiocarbonyl (C=S) groups is 1. The zero-order chi connectivity index (χ0) is 13.3. The van der Waals surface area contributed by atoms with Crippen molar-refractivity contribution in [3.05, 3.63) is 63.0 Å². The molecule has 92 valence electrons. The van der Waals surface area contributed by atoms with E-state index in [2.05, 4.69) is 0 Å². The second-order valence-corrected chi connectivity index (χ2v) is 4.78. The van der Waals surface area contributed by atoms with Crippen LogP contribution in [0.15, 0.2) is 41.3 Å². The summed E-state index contributed by atoms with van der Waals surface area (Å²) in [6, 6.07) is 8.84. The minimum Gasteiger partial charge on any atom is -0.389 e. The molecule has 1 heterocycles. The van der Waals surface area contributed by atoms with E-state index in [1.165, 1.54) is 6.07 Å². The molecule has 3 nitrogen and oxygen atoms in total. The summed E-state index contributed by atoms with van der Waals surface area (Å²) in [7, 11) is 0. The Balaban J connectivity index is 2.68. The van der Waals surface area contributed by atoms with Crippen molar-refractivity contribution in [2.45, 2.75) is 6.92 Å². The number of hydrogen-bond acceptors (Lipinski definition) is 2. The molecule has 0 saturated carbocycles. The van der Waals surface area contributed by atoms with Crippen molar-refractivity contribution in [3.8, 4) is 5.69 Å². The number of aryl methyl sites for hydroxylation is 1. The van der Waals surface area contributed by atoms with Gasteiger partial charge < -0.3 is 10.3 Å². The summed E-state index contributed by atoms with van der Waals surface area (Å²) >= 11 is 10.8. The number of aromatic nitrogens is 1. The van der Waals surface area contributed by atoms with Crippen LogP contribution < -0.4 is 11.2 Å². The molecule has 0 radical (unpaired) electrons. The molecule has 0 amide bonds. The SMILES string of the molecule is Cc1cc(=O)c(C(N)=S)cn1-c1cccc(Cl)c1. The molecule has 1 aromatic carbocycles. The van der Waals surface area contributed by atoms with E-state index in [4.69, 9.17) is 29.6 Å². The highest BCUT2D eigenvalue weighted by molar-refractivity contribution is 7.80. The first kappa shape index (κ1) is 12.8. The first-order valence-electron chi connectivity index (χ1n) is 5.28. The molecule has 0 aliphatic heterocycles. The summed E-state index contributed by atoms with van der Waals surface area (Å²) in [6.45, 7) is 1.84. The van der Waals surface area contributed by atoms with Crippen LogP contribution in [-0.2, 0) is 0 Å². The summed E-state index contributed by atoms with van der Waals surface area (Å²) in [4.78, 5) is 11.8. The van der Waals surface area contributed by atoms with Gasteiger partial charge in [0.15, 0.2) is 5.43 Å². The molecular formula is C13H11ClN2OS. The lowest BCUT2D eigenvalue weighted by Crippen LogP contribution is -2.22. The summed E-state index contributed by atoms with van der Waals surface area (Å²) in [5.41, 5.74) is 7.35. The van der Waals surface area contributed by atoms with Gasteiger partial charge in [-0.2, -0.15) is 0 Å². The highest BCUT2D eigenvalue weighted by atomic mass is 35.5. The van der Waals surface area contributed by atoms with Crippen LogP contribution in [0.4, 0.5) is 0 Å². The molecular weight excluding hydrogens is 268 g/mol. The van der Waals surface area contributed by atoms with Gasteiger partial charge in [0.25, 0.3) is 0 Å². The van der Waals surface area contributed by atoms with Crippen molar-refractivity contribution in [1.82, 2.24) is 4.57 Å². The van der Waals surface area contributed by atoms with Crippen LogP contribution in [0.3, 0.4) is 0 Å². The number of halogens is 1. The molecule has 0 bridgehead atoms. The summed E-state index contributed by atoms with van der Waals surface area (Å²) in [6.07, 6.45) is 1.64. The fourth-order valence-electron chi connectivity index (χ4n) is 1.72. The van der Waals surface area contributed by atoms with Crippen LogP contribution in [0, 0.1) is 6.92 Å². The highest BCUT2D eigenvalue weighted by Gasteiger charge is 2.07. The Labute approximate surface area is 115 Å². The van der Waals surface area contributed by atoms with Crippen molar-refractivity contribution >= 4 is 28.8 Å². The van der Waals surface area contributed by atoms with E-state index in [0.29, 0.717) is 10.6 Å². The molecule has 0 unspecified atom stereocenters. The minimum atomic E-state index is -0.168. The molecule has 18 heavy (non-hydrogen) atoms. The Morgan fingerprint density at radius 3 is 2.72 bits per heavy atom. The summed E-state index contributed by atoms with van der Waals surface area (Å²) < 4.78 is 1.84. The number of hydrogen-bond donors (Lipinski definition) is 1. The number of nitrogens with zero attached hydrogens (tertiary/aromatic N) is 1. The normalized spacial score (nSPS) is 10.3. The van der Waals surface area contributed by atoms with E-state index in [1.54, 1.807) is 12.3 Å². The predicted octanol–water partition coefficient (Wildman–Crippen LogP) is 2.43. The summed E-state index contributed by atoms with van der Waals surface area (Å²) in [5, 5.41) is 0.627. The van der Waals surface area contributed by atoms with Crippen LogP contribution in [0.5, 0.6) is 0 Å². The maximum atomic E-state index is 11.7. The Bertz CT molecular complexity index is 679. The predicted molar refractivity (Wildman–Crippen MR) is 77.7 cm³/mol. The van der Waals surface area contributed by atoms with Crippen LogP contribution in [-0.4, -0.2) is 9.56 Å². The smallest absolute Gasteiger partial charge is 0.192 e. The Morgan fingerprint density at radius 1 is 1.39 bits per heavy atom. The molecule has 0 spiro atoms. The van der Waals surface area contributed by atoms with E-state index in [0.717, 1.165) is 11.4 Å². The van der Waals surface area contributed by atoms with Gasteiger partial charge >= 0.3 is 0 Å². The zero-order valence-corrected chi connectivity index (χ0v) is 11.3. The first-order valence-corrected chi connectivity index (χ1v) is 6.06. The van der Waals surface area contributed by atoms with E-state index < -0.39 is 0 Å². The fourth-order valence-corrected chi connectivity index (χ4v) is 2.06. The van der Waals surface area contributed by atoms with Crippen molar-refractivity contribution in [2.24, 2.45) is 5.73 Å². The number of nitrogens with two attached hydrogens (primary N) is 1. The van der Waals surface area contributed by atoms with Crippen LogP contribution in [0.25, 0.3) is 5.69 Å². The lowest BCUT2D eigenvalue weighted by Gasteiger charge is -2.12. The number of rotatable bonds is 2. The second-order valence-electron chi connectivity index (χ2n) is 3.91. The number of benzene rings is 1. The molecule has 0 aliphatic rings. The highest BCUT2D eigenvalue weighted by Crippen LogP contribution is 2.16. The Hall–Kier alpha value is -1.65. The largest absolute Gasteiger partial charge is 0.389 e. The number of pyridine rings is 1. The van der Waals surface area contributed by atoms with Gasteiger partial charge in [-0.1, -0.05) is 29.9 Å². The average Bonchev–Trinajstić information content (AvgIpc) is 2.28. The van der Waals surface area contributed by atoms with E-state index in [9.17, 15) is 4.79 Å². The standard InChI is InChI=1S/C13H11ClN2OS/c1-8-5-12(17)11(13(15)18)7-16(8)10-4-2-3-9(14)6-10/h2-7H,1H3,(H2,15,18). The van der Waals surface area contributed by atoms with E-state index >= 15 is 0 Å². The third-order valence-electron chi connectivity index (χ3n) is 2.60. The maximum absolute atomic E-state index is 11.7. The molecule has 2 rings (SSSR count). The molecule has 0 atom stereocenters. The molecule has 0 aliphatic carbocycles. The summed E-state index contributed by atoms with van der Waals surface area (Å²) in [5.74, 6) is 0. The van der Waals surface area contributed by atoms with Crippen LogP contribution in [0.1, 0.15) is 11.3 Å². The molecule has 2 N–H and O–H groups in total. The molecule has 0 saturated heterocycles. The molecule has 0 fully saturated rings. The van der Waals surface area contributed by atoms with E-state index in [-0.39, 0.29) is 10.4 Å². The maximum Gasteiger partial charge on any atom is 0.192 e. The molecule has 1 aromatic heterocycles. The monoisotopic (exact) mass is 278 g/mol. The van der Waals surface area contributed by atoms with Crippen LogP contribution >= 0.6 is 23.8 Å². The molecule has 2 aromatic rings. The van der Waals surface area contributed by atoms with Gasteiger partial charge in [-0.3, -0.25) is 4.79 Å². The van der Waals surface area contributed by atoms with Gasteiger partial charge in [0.1, 0.15) is 4.99 Å². The quantitative estimate of drug-likeness (QED) is 0.859. The van der Waals surface area contributed by atoms with E-state index in [1.807, 2.05) is 29.7 Å². The third kappa shape index (κ3) is 2.44. The van der Waals surface area contributed by atoms with Gasteiger partial charge in [0, 0.05) is 28.7 Å². The van der Waals surface area contributed by atoms with Gasteiger partial charge in [0.05, 0.1) is 5.56 Å². The van der Waals surface area contributed by atoms with Gasteiger partial charge in [-0.25, -0.2) is 0 Å². The lowest BCUT2D eigenvalue weighted by atomic mass is 10.2. The van der Waals surface area contributed by atoms with Gasteiger partial charge in [0.2, 0.25) is 0 Å². The molecule has 5 heteroatoms. The average molecular weight is 279 g/mol. The lowest BCUT2D eigenvalue weighted by molar-refractivity contribution is 0.970. The first-order chi connectivity index (χ1) is 8.49. The zero-order valence-electron chi connectivity index (χ0n) is 9.68. The van der Waals surface area contributed by atoms with Gasteiger partial charge in [-0.05, 0) is 25.1 Å². The van der Waals surface area contributed by atoms with Crippen molar-refractivity contribution < 1.29 is 0 Å². The van der Waals surface area contributed by atoms with Crippen molar-refractivity contribution in [3.63, 3.8) is 0 Å². The fraction of sp³-hybridized carbons (Fsp3) is 0.0769. The Kier molecular flexibility index (Phi) is 3.50. The second kappa shape index (κ2) is 4.92. The van der Waals surface area contributed by atoms with Crippen molar-refractivity contribution in [2.75, 3.05) is 0 Å². The Morgan fingerprint density at radius 2 is 2.11 bits per heavy atom. The van der Waals surface area contributed by atoms with Crippen molar-refractivity contribution in [1.29, 1.82) is 0 Å². The van der Waals surface area contributed by atoms with Crippen LogP contribution in [0.2, 0.25) is 5.02 Å². The third-order valence-corrected chi connectivity index (χ3v) is 3.05. The minimum absolute atomic E-state index is 0.0933. The van der Waals surface area contributed by atoms with Gasteiger partial charge in [-0.15, -0.1) is 0 Å². The topological polar surface area (TPSA) is 48.0 Å².